The number of carbonyl (C=O) groups is 1. The third-order valence-corrected chi connectivity index (χ3v) is 3.22. The highest BCUT2D eigenvalue weighted by atomic mass is 32.2. The van der Waals surface area contributed by atoms with Gasteiger partial charge in [-0.2, -0.15) is 13.2 Å². The number of alkyl halides is 3. The van der Waals surface area contributed by atoms with Crippen LogP contribution in [0.25, 0.3) is 0 Å². The summed E-state index contributed by atoms with van der Waals surface area (Å²) in [7, 11) is 1.24. The van der Waals surface area contributed by atoms with E-state index < -0.39 is 23.8 Å². The highest BCUT2D eigenvalue weighted by molar-refractivity contribution is 7.99. The van der Waals surface area contributed by atoms with Crippen LogP contribution in [0.4, 0.5) is 13.2 Å². The maximum absolute atomic E-state index is 12.3. The molecule has 0 amide bonds. The maximum atomic E-state index is 12.3. The lowest BCUT2D eigenvalue weighted by Gasteiger charge is -2.09. The molecule has 106 valence electrons. The summed E-state index contributed by atoms with van der Waals surface area (Å²) >= 11 is 1.23. The lowest BCUT2D eigenvalue weighted by atomic mass is 10.2. The molecule has 2 N–H and O–H groups in total. The lowest BCUT2D eigenvalue weighted by Crippen LogP contribution is -2.31. The van der Waals surface area contributed by atoms with Crippen molar-refractivity contribution in [3.8, 4) is 0 Å². The molecule has 1 heterocycles. The number of hydrogen-bond acceptors (Lipinski definition) is 5. The number of thioether (sulfide) groups is 1. The fourth-order valence-electron chi connectivity index (χ4n) is 1.19. The van der Waals surface area contributed by atoms with Crippen LogP contribution in [0.2, 0.25) is 0 Å². The van der Waals surface area contributed by atoms with Crippen molar-refractivity contribution in [2.45, 2.75) is 23.7 Å². The number of nitrogens with two attached hydrogens (primary N) is 1. The van der Waals surface area contributed by atoms with E-state index in [2.05, 4.69) is 9.72 Å². The van der Waals surface area contributed by atoms with Gasteiger partial charge < -0.3 is 10.5 Å². The second-order valence-corrected chi connectivity index (χ2v) is 4.76. The highest BCUT2D eigenvalue weighted by Gasteiger charge is 2.30. The molecule has 1 atom stereocenters. The van der Waals surface area contributed by atoms with Gasteiger partial charge in [0.1, 0.15) is 6.04 Å². The van der Waals surface area contributed by atoms with Gasteiger partial charge in [-0.1, -0.05) is 0 Å². The molecule has 19 heavy (non-hydrogen) atoms. The first-order valence-electron chi connectivity index (χ1n) is 5.34. The molecule has 0 saturated heterocycles. The maximum Gasteiger partial charge on any atom is 0.417 e. The summed E-state index contributed by atoms with van der Waals surface area (Å²) in [5.74, 6) is -0.0461. The van der Waals surface area contributed by atoms with E-state index in [1.54, 1.807) is 0 Å². The molecule has 0 aromatic carbocycles. The minimum Gasteiger partial charge on any atom is -0.468 e. The van der Waals surface area contributed by atoms with Gasteiger partial charge in [0.15, 0.2) is 0 Å². The molecular weight excluding hydrogens is 281 g/mol. The van der Waals surface area contributed by atoms with Crippen LogP contribution in [0.3, 0.4) is 0 Å². The standard InChI is InChI=1S/C11H13F3N2O2S/c1-18-10(17)8(15)4-5-19-9-3-2-7(6-16-9)11(12,13)14/h2-3,6,8H,4-5,15H2,1H3. The second-order valence-electron chi connectivity index (χ2n) is 3.65. The minimum atomic E-state index is -4.39. The van der Waals surface area contributed by atoms with Crippen LogP contribution in [0, 0.1) is 0 Å². The Morgan fingerprint density at radius 3 is 2.68 bits per heavy atom. The molecule has 0 spiro atoms. The number of hydrogen-bond donors (Lipinski definition) is 1. The van der Waals surface area contributed by atoms with Crippen molar-refractivity contribution in [2.75, 3.05) is 12.9 Å². The summed E-state index contributed by atoms with van der Waals surface area (Å²) in [5, 5.41) is 0.449. The van der Waals surface area contributed by atoms with Gasteiger partial charge in [0, 0.05) is 11.9 Å². The van der Waals surface area contributed by atoms with Gasteiger partial charge in [0.2, 0.25) is 0 Å². The first-order valence-corrected chi connectivity index (χ1v) is 6.32. The Morgan fingerprint density at radius 2 is 2.21 bits per heavy atom. The number of halogens is 3. The third kappa shape index (κ3) is 5.07. The van der Waals surface area contributed by atoms with E-state index in [1.165, 1.54) is 24.9 Å². The Hall–Kier alpha value is -1.28. The number of rotatable bonds is 5. The van der Waals surface area contributed by atoms with E-state index >= 15 is 0 Å². The lowest BCUT2D eigenvalue weighted by molar-refractivity contribution is -0.142. The summed E-state index contributed by atoms with van der Waals surface area (Å²) in [5.41, 5.74) is 4.73. The fourth-order valence-corrected chi connectivity index (χ4v) is 2.07. The van der Waals surface area contributed by atoms with Crippen molar-refractivity contribution < 1.29 is 22.7 Å². The van der Waals surface area contributed by atoms with Crippen LogP contribution >= 0.6 is 11.8 Å². The second kappa shape index (κ2) is 6.76. The number of ether oxygens (including phenoxy) is 1. The van der Waals surface area contributed by atoms with Crippen molar-refractivity contribution in [1.29, 1.82) is 0 Å². The van der Waals surface area contributed by atoms with E-state index in [-0.39, 0.29) is 0 Å². The van der Waals surface area contributed by atoms with Crippen molar-refractivity contribution in [3.63, 3.8) is 0 Å². The van der Waals surface area contributed by atoms with Crippen molar-refractivity contribution >= 4 is 17.7 Å². The zero-order chi connectivity index (χ0) is 14.5. The number of esters is 1. The van der Waals surface area contributed by atoms with Gasteiger partial charge >= 0.3 is 12.1 Å². The SMILES string of the molecule is COC(=O)C(N)CCSc1ccc(C(F)(F)F)cn1. The van der Waals surface area contributed by atoms with Crippen LogP contribution in [0.1, 0.15) is 12.0 Å². The molecule has 0 aliphatic heterocycles. The first kappa shape index (κ1) is 15.8. The molecule has 8 heteroatoms. The molecule has 0 saturated carbocycles. The fraction of sp³-hybridized carbons (Fsp3) is 0.455. The third-order valence-electron chi connectivity index (χ3n) is 2.25. The molecule has 1 aromatic rings. The van der Waals surface area contributed by atoms with Crippen LogP contribution < -0.4 is 5.73 Å². The number of methoxy groups -OCH3 is 1. The largest absolute Gasteiger partial charge is 0.468 e. The molecule has 1 aromatic heterocycles. The average molecular weight is 294 g/mol. The Balaban J connectivity index is 2.45. The van der Waals surface area contributed by atoms with Gasteiger partial charge in [0.25, 0.3) is 0 Å². The Kier molecular flexibility index (Phi) is 5.61. The van der Waals surface area contributed by atoms with Crippen molar-refractivity contribution in [3.05, 3.63) is 23.9 Å². The zero-order valence-corrected chi connectivity index (χ0v) is 10.9. The summed E-state index contributed by atoms with van der Waals surface area (Å²) in [4.78, 5) is 14.7. The Bertz CT molecular complexity index is 423. The average Bonchev–Trinajstić information content (AvgIpc) is 2.37. The van der Waals surface area contributed by atoms with Gasteiger partial charge in [0.05, 0.1) is 17.7 Å². The van der Waals surface area contributed by atoms with E-state index in [4.69, 9.17) is 5.73 Å². The molecule has 0 bridgehead atoms. The van der Waals surface area contributed by atoms with E-state index in [1.807, 2.05) is 0 Å². The van der Waals surface area contributed by atoms with Crippen LogP contribution in [-0.4, -0.2) is 29.9 Å². The smallest absolute Gasteiger partial charge is 0.417 e. The normalized spacial score (nSPS) is 13.1. The summed E-state index contributed by atoms with van der Waals surface area (Å²) in [6.45, 7) is 0. The Morgan fingerprint density at radius 1 is 1.53 bits per heavy atom. The molecule has 1 unspecified atom stereocenters. The number of aromatic nitrogens is 1. The topological polar surface area (TPSA) is 65.2 Å². The van der Waals surface area contributed by atoms with Gasteiger partial charge in [-0.25, -0.2) is 4.98 Å². The van der Waals surface area contributed by atoms with E-state index in [0.717, 1.165) is 12.3 Å². The molecule has 4 nitrogen and oxygen atoms in total. The monoisotopic (exact) mass is 294 g/mol. The summed E-state index contributed by atoms with van der Waals surface area (Å²) in [6, 6.07) is 1.53. The number of carbonyl (C=O) groups excluding carboxylic acids is 1. The number of nitrogens with zero attached hydrogens (tertiary/aromatic N) is 1. The highest BCUT2D eigenvalue weighted by Crippen LogP contribution is 2.29. The van der Waals surface area contributed by atoms with Gasteiger partial charge in [-0.05, 0) is 18.6 Å². The molecule has 1 rings (SSSR count). The zero-order valence-electron chi connectivity index (χ0n) is 10.1. The molecule has 0 fully saturated rings. The quantitative estimate of drug-likeness (QED) is 0.665. The van der Waals surface area contributed by atoms with Gasteiger partial charge in [-0.3, -0.25) is 4.79 Å². The minimum absolute atomic E-state index is 0.361. The van der Waals surface area contributed by atoms with Crippen LogP contribution in [0.5, 0.6) is 0 Å². The molecule has 0 radical (unpaired) electrons. The van der Waals surface area contributed by atoms with Crippen molar-refractivity contribution in [2.24, 2.45) is 5.73 Å². The Labute approximate surface area is 112 Å². The predicted molar refractivity (Wildman–Crippen MR) is 64.6 cm³/mol. The number of pyridine rings is 1. The van der Waals surface area contributed by atoms with Crippen LogP contribution in [-0.2, 0) is 15.7 Å². The summed E-state index contributed by atoms with van der Waals surface area (Å²) < 4.78 is 41.3. The first-order chi connectivity index (χ1) is 8.84. The molecule has 0 aliphatic rings. The van der Waals surface area contributed by atoms with E-state index in [9.17, 15) is 18.0 Å². The molecular formula is C11H13F3N2O2S. The molecule has 0 aliphatic carbocycles. The predicted octanol–water partition coefficient (Wildman–Crippen LogP) is 2.08. The van der Waals surface area contributed by atoms with Crippen LogP contribution in [0.15, 0.2) is 23.4 Å². The van der Waals surface area contributed by atoms with Crippen molar-refractivity contribution in [1.82, 2.24) is 4.98 Å². The summed E-state index contributed by atoms with van der Waals surface area (Å²) in [6.07, 6.45) is -3.24. The van der Waals surface area contributed by atoms with E-state index in [0.29, 0.717) is 17.2 Å². The van der Waals surface area contributed by atoms with Gasteiger partial charge in [-0.15, -0.1) is 11.8 Å².